The number of benzene rings is 1. The summed E-state index contributed by atoms with van der Waals surface area (Å²) in [6.07, 6.45) is 0. The molecular weight excluding hydrogens is 312 g/mol. The van der Waals surface area contributed by atoms with Gasteiger partial charge >= 0.3 is 0 Å². The molecule has 116 valence electrons. The van der Waals surface area contributed by atoms with E-state index in [4.69, 9.17) is 12.2 Å². The SMILES string of the molecule is CCN1CCN(C(=S)Nc2ccc(SC(F)F)cc2)CC1. The third-order valence-corrected chi connectivity index (χ3v) is 4.52. The zero-order valence-electron chi connectivity index (χ0n) is 11.9. The maximum absolute atomic E-state index is 12.3. The molecule has 7 heteroatoms. The summed E-state index contributed by atoms with van der Waals surface area (Å²) in [5, 5.41) is 3.86. The van der Waals surface area contributed by atoms with E-state index in [1.165, 1.54) is 0 Å². The smallest absolute Gasteiger partial charge is 0.288 e. The van der Waals surface area contributed by atoms with Crippen molar-refractivity contribution in [2.45, 2.75) is 17.6 Å². The van der Waals surface area contributed by atoms with Gasteiger partial charge in [-0.05, 0) is 43.0 Å². The van der Waals surface area contributed by atoms with Crippen molar-refractivity contribution in [1.29, 1.82) is 0 Å². The van der Waals surface area contributed by atoms with Gasteiger partial charge < -0.3 is 15.1 Å². The number of halogens is 2. The van der Waals surface area contributed by atoms with Gasteiger partial charge in [-0.1, -0.05) is 18.7 Å². The summed E-state index contributed by atoms with van der Waals surface area (Å²) in [7, 11) is 0. The van der Waals surface area contributed by atoms with Crippen LogP contribution in [-0.4, -0.2) is 53.4 Å². The van der Waals surface area contributed by atoms with E-state index in [1.54, 1.807) is 24.3 Å². The van der Waals surface area contributed by atoms with Gasteiger partial charge in [-0.25, -0.2) is 0 Å². The Morgan fingerprint density at radius 3 is 2.38 bits per heavy atom. The van der Waals surface area contributed by atoms with Crippen molar-refractivity contribution >= 4 is 34.8 Å². The molecular formula is C14H19F2N3S2. The van der Waals surface area contributed by atoms with Crippen LogP contribution < -0.4 is 5.32 Å². The van der Waals surface area contributed by atoms with Gasteiger partial charge in [-0.15, -0.1) is 0 Å². The number of anilines is 1. The molecule has 0 aromatic heterocycles. The number of piperazine rings is 1. The molecule has 1 heterocycles. The number of nitrogens with zero attached hydrogens (tertiary/aromatic N) is 2. The predicted molar refractivity (Wildman–Crippen MR) is 88.2 cm³/mol. The van der Waals surface area contributed by atoms with Gasteiger partial charge in [-0.2, -0.15) is 8.78 Å². The average Bonchev–Trinajstić information content (AvgIpc) is 2.49. The summed E-state index contributed by atoms with van der Waals surface area (Å²) in [6.45, 7) is 7.09. The molecule has 21 heavy (non-hydrogen) atoms. The van der Waals surface area contributed by atoms with Crippen molar-refractivity contribution in [3.05, 3.63) is 24.3 Å². The molecule has 2 rings (SSSR count). The summed E-state index contributed by atoms with van der Waals surface area (Å²) in [6, 6.07) is 6.91. The number of hydrogen-bond donors (Lipinski definition) is 1. The second-order valence-corrected chi connectivity index (χ2v) is 6.20. The van der Waals surface area contributed by atoms with Crippen LogP contribution in [0.5, 0.6) is 0 Å². The molecule has 1 aromatic rings. The quantitative estimate of drug-likeness (QED) is 0.672. The van der Waals surface area contributed by atoms with E-state index < -0.39 is 5.76 Å². The zero-order valence-corrected chi connectivity index (χ0v) is 13.5. The van der Waals surface area contributed by atoms with Crippen molar-refractivity contribution in [2.75, 3.05) is 38.0 Å². The lowest BCUT2D eigenvalue weighted by Crippen LogP contribution is -2.49. The lowest BCUT2D eigenvalue weighted by atomic mass is 10.3. The Morgan fingerprint density at radius 2 is 1.86 bits per heavy atom. The van der Waals surface area contributed by atoms with Crippen LogP contribution >= 0.6 is 24.0 Å². The largest absolute Gasteiger partial charge is 0.346 e. The Labute approximate surface area is 133 Å². The summed E-state index contributed by atoms with van der Waals surface area (Å²) in [5.74, 6) is -2.39. The Kier molecular flexibility index (Phi) is 6.20. The number of alkyl halides is 2. The lowest BCUT2D eigenvalue weighted by Gasteiger charge is -2.35. The van der Waals surface area contributed by atoms with Crippen LogP contribution in [0.4, 0.5) is 14.5 Å². The van der Waals surface area contributed by atoms with E-state index in [1.807, 2.05) is 0 Å². The van der Waals surface area contributed by atoms with Crippen molar-refractivity contribution in [2.24, 2.45) is 0 Å². The first kappa shape index (κ1) is 16.5. The zero-order chi connectivity index (χ0) is 15.2. The van der Waals surface area contributed by atoms with Gasteiger partial charge in [0.25, 0.3) is 5.76 Å². The summed E-state index contributed by atoms with van der Waals surface area (Å²) >= 11 is 5.95. The molecule has 3 nitrogen and oxygen atoms in total. The van der Waals surface area contributed by atoms with Gasteiger partial charge in [0.15, 0.2) is 5.11 Å². The van der Waals surface area contributed by atoms with Gasteiger partial charge in [0.05, 0.1) is 0 Å². The van der Waals surface area contributed by atoms with Crippen molar-refractivity contribution in [1.82, 2.24) is 9.80 Å². The summed E-state index contributed by atoms with van der Waals surface area (Å²) in [5.41, 5.74) is 0.830. The third kappa shape index (κ3) is 5.09. The van der Waals surface area contributed by atoms with E-state index in [2.05, 4.69) is 22.0 Å². The van der Waals surface area contributed by atoms with Crippen LogP contribution in [0.1, 0.15) is 6.92 Å². The molecule has 0 spiro atoms. The molecule has 1 saturated heterocycles. The van der Waals surface area contributed by atoms with Crippen LogP contribution in [0.15, 0.2) is 29.2 Å². The Bertz CT molecular complexity index is 460. The second-order valence-electron chi connectivity index (χ2n) is 4.75. The van der Waals surface area contributed by atoms with E-state index in [-0.39, 0.29) is 0 Å². The van der Waals surface area contributed by atoms with E-state index in [9.17, 15) is 8.78 Å². The standard InChI is InChI=1S/C14H19F2N3S2/c1-2-18-7-9-19(10-8-18)14(20)17-11-3-5-12(6-4-11)21-13(15)16/h3-6,13H,2,7-10H2,1H3,(H,17,20). The number of hydrogen-bond acceptors (Lipinski definition) is 3. The fourth-order valence-electron chi connectivity index (χ4n) is 2.19. The minimum Gasteiger partial charge on any atom is -0.346 e. The van der Waals surface area contributed by atoms with E-state index in [0.717, 1.165) is 38.4 Å². The van der Waals surface area contributed by atoms with E-state index >= 15 is 0 Å². The molecule has 1 aromatic carbocycles. The highest BCUT2D eigenvalue weighted by Gasteiger charge is 2.17. The maximum atomic E-state index is 12.3. The van der Waals surface area contributed by atoms with Crippen LogP contribution in [0, 0.1) is 0 Å². The third-order valence-electron chi connectivity index (χ3n) is 3.44. The van der Waals surface area contributed by atoms with E-state index in [0.29, 0.717) is 21.8 Å². The molecule has 1 fully saturated rings. The van der Waals surface area contributed by atoms with Gasteiger partial charge in [0.1, 0.15) is 0 Å². The molecule has 0 amide bonds. The summed E-state index contributed by atoms with van der Waals surface area (Å²) < 4.78 is 24.5. The average molecular weight is 331 g/mol. The first-order valence-corrected chi connectivity index (χ1v) is 8.20. The minimum atomic E-state index is -2.39. The number of nitrogens with one attached hydrogen (secondary N) is 1. The Balaban J connectivity index is 1.85. The molecule has 1 N–H and O–H groups in total. The monoisotopic (exact) mass is 331 g/mol. The van der Waals surface area contributed by atoms with Gasteiger partial charge in [0, 0.05) is 36.8 Å². The molecule has 0 saturated carbocycles. The predicted octanol–water partition coefficient (Wildman–Crippen LogP) is 3.34. The van der Waals surface area contributed by atoms with Crippen LogP contribution in [0.2, 0.25) is 0 Å². The van der Waals surface area contributed by atoms with Crippen molar-refractivity contribution < 1.29 is 8.78 Å². The minimum absolute atomic E-state index is 0.547. The molecule has 1 aliphatic heterocycles. The molecule has 0 atom stereocenters. The molecule has 0 unspecified atom stereocenters. The number of thioether (sulfide) groups is 1. The fourth-order valence-corrected chi connectivity index (χ4v) is 2.99. The lowest BCUT2D eigenvalue weighted by molar-refractivity contribution is 0.191. The summed E-state index contributed by atoms with van der Waals surface area (Å²) in [4.78, 5) is 5.08. The first-order valence-electron chi connectivity index (χ1n) is 6.91. The van der Waals surface area contributed by atoms with Crippen LogP contribution in [0.3, 0.4) is 0 Å². The normalized spacial score (nSPS) is 16.3. The molecule has 0 aliphatic carbocycles. The molecule has 0 radical (unpaired) electrons. The number of thiocarbonyl (C=S) groups is 1. The highest BCUT2D eigenvalue weighted by Crippen LogP contribution is 2.26. The highest BCUT2D eigenvalue weighted by molar-refractivity contribution is 7.99. The van der Waals surface area contributed by atoms with Gasteiger partial charge in [-0.3, -0.25) is 0 Å². The van der Waals surface area contributed by atoms with Crippen LogP contribution in [-0.2, 0) is 0 Å². The number of rotatable bonds is 4. The topological polar surface area (TPSA) is 18.5 Å². The second kappa shape index (κ2) is 7.91. The van der Waals surface area contributed by atoms with Gasteiger partial charge in [0.2, 0.25) is 0 Å². The molecule has 1 aliphatic rings. The Hall–Kier alpha value is -0.920. The molecule has 0 bridgehead atoms. The maximum Gasteiger partial charge on any atom is 0.288 e. The van der Waals surface area contributed by atoms with Crippen molar-refractivity contribution in [3.63, 3.8) is 0 Å². The number of likely N-dealkylation sites (N-methyl/N-ethyl adjacent to an activating group) is 1. The van der Waals surface area contributed by atoms with Crippen molar-refractivity contribution in [3.8, 4) is 0 Å². The fraction of sp³-hybridized carbons (Fsp3) is 0.500. The van der Waals surface area contributed by atoms with Crippen LogP contribution in [0.25, 0.3) is 0 Å². The highest BCUT2D eigenvalue weighted by atomic mass is 32.2. The Morgan fingerprint density at radius 1 is 1.24 bits per heavy atom. The first-order chi connectivity index (χ1) is 10.1.